The zero-order valence-electron chi connectivity index (χ0n) is 28.2. The monoisotopic (exact) mass is 661 g/mol. The minimum absolute atomic E-state index is 0.936. The van der Waals surface area contributed by atoms with Gasteiger partial charge in [-0.25, -0.2) is 4.98 Å². The van der Waals surface area contributed by atoms with Gasteiger partial charge in [0.1, 0.15) is 0 Å². The van der Waals surface area contributed by atoms with Crippen LogP contribution in [0.2, 0.25) is 0 Å². The maximum atomic E-state index is 5.46. The van der Waals surface area contributed by atoms with Crippen LogP contribution in [0, 0.1) is 0 Å². The van der Waals surface area contributed by atoms with Crippen LogP contribution >= 0.6 is 0 Å². The van der Waals surface area contributed by atoms with Crippen molar-refractivity contribution >= 4 is 65.3 Å². The Hall–Kier alpha value is -6.97. The fraction of sp³-hybridized carbons (Fsp3) is 0. The molecular weight excluding hydrogens is 631 g/mol. The van der Waals surface area contributed by atoms with E-state index < -0.39 is 0 Å². The highest BCUT2D eigenvalue weighted by molar-refractivity contribution is 6.14. The van der Waals surface area contributed by atoms with Crippen LogP contribution in [-0.2, 0) is 0 Å². The van der Waals surface area contributed by atoms with E-state index in [4.69, 9.17) is 4.98 Å². The molecule has 0 N–H and O–H groups in total. The maximum Gasteiger partial charge on any atom is 0.0722 e. The van der Waals surface area contributed by atoms with E-state index in [0.717, 1.165) is 28.1 Å². The summed E-state index contributed by atoms with van der Waals surface area (Å²) in [6.07, 6.45) is 0. The first-order valence-corrected chi connectivity index (χ1v) is 17.8. The Labute approximate surface area is 300 Å². The van der Waals surface area contributed by atoms with Gasteiger partial charge in [-0.05, 0) is 76.5 Å². The molecule has 3 heterocycles. The molecular formula is C49H31N3. The highest BCUT2D eigenvalue weighted by atomic mass is 15.0. The molecule has 3 nitrogen and oxygen atoms in total. The van der Waals surface area contributed by atoms with E-state index in [1.165, 1.54) is 70.9 Å². The zero-order valence-corrected chi connectivity index (χ0v) is 28.2. The van der Waals surface area contributed by atoms with E-state index in [1.807, 2.05) is 0 Å². The second-order valence-electron chi connectivity index (χ2n) is 13.6. The molecule has 11 aromatic rings. The summed E-state index contributed by atoms with van der Waals surface area (Å²) in [5.41, 5.74) is 12.2. The molecule has 3 heteroatoms. The summed E-state index contributed by atoms with van der Waals surface area (Å²) in [4.78, 5) is 5.46. The van der Waals surface area contributed by atoms with Crippen LogP contribution in [0.5, 0.6) is 0 Å². The van der Waals surface area contributed by atoms with Gasteiger partial charge >= 0.3 is 0 Å². The van der Waals surface area contributed by atoms with Crippen molar-refractivity contribution in [2.24, 2.45) is 0 Å². The average Bonchev–Trinajstić information content (AvgIpc) is 3.74. The molecule has 0 amide bonds. The summed E-state index contributed by atoms with van der Waals surface area (Å²) >= 11 is 0. The van der Waals surface area contributed by atoms with Crippen molar-refractivity contribution in [3.05, 3.63) is 188 Å². The molecule has 0 aliphatic carbocycles. The second-order valence-corrected chi connectivity index (χ2v) is 13.6. The van der Waals surface area contributed by atoms with Crippen molar-refractivity contribution in [2.45, 2.75) is 0 Å². The standard InChI is InChI=1S/C49H31N3/c1-2-14-32(15-3-1)42-31-44(50-43-27-26-33-16-4-5-17-37(33)49(42)43)34-28-35(51-45-22-10-6-18-38(45)39-19-7-11-23-46(39)51)30-36(29-34)52-47-24-12-8-20-40(47)41-21-9-13-25-48(41)52/h1-31H. The summed E-state index contributed by atoms with van der Waals surface area (Å²) in [5, 5.41) is 8.56. The quantitative estimate of drug-likeness (QED) is 0.172. The summed E-state index contributed by atoms with van der Waals surface area (Å²) < 4.78 is 4.83. The summed E-state index contributed by atoms with van der Waals surface area (Å²) in [6, 6.07) is 67.9. The van der Waals surface area contributed by atoms with Crippen LogP contribution in [-0.4, -0.2) is 14.1 Å². The molecule has 52 heavy (non-hydrogen) atoms. The Bertz CT molecular complexity index is 2940. The SMILES string of the molecule is c1ccc(-c2cc(-c3cc(-n4c5ccccc5c5ccccc54)cc(-n4c5ccccc5c5ccccc54)c3)nc3ccc4ccccc4c23)cc1. The molecule has 0 bridgehead atoms. The van der Waals surface area contributed by atoms with Gasteiger partial charge in [0.15, 0.2) is 0 Å². The number of aromatic nitrogens is 3. The van der Waals surface area contributed by atoms with Crippen molar-refractivity contribution in [2.75, 3.05) is 0 Å². The van der Waals surface area contributed by atoms with Gasteiger partial charge < -0.3 is 9.13 Å². The summed E-state index contributed by atoms with van der Waals surface area (Å²) in [5.74, 6) is 0. The molecule has 0 saturated carbocycles. The minimum Gasteiger partial charge on any atom is -0.309 e. The van der Waals surface area contributed by atoms with Crippen LogP contribution in [0.3, 0.4) is 0 Å². The van der Waals surface area contributed by atoms with Crippen molar-refractivity contribution in [3.8, 4) is 33.8 Å². The average molecular weight is 662 g/mol. The molecule has 0 radical (unpaired) electrons. The molecule has 0 unspecified atom stereocenters. The third kappa shape index (κ3) is 4.30. The largest absolute Gasteiger partial charge is 0.309 e. The highest BCUT2D eigenvalue weighted by Crippen LogP contribution is 2.40. The number of pyridine rings is 1. The van der Waals surface area contributed by atoms with Gasteiger partial charge in [0.25, 0.3) is 0 Å². The molecule has 0 atom stereocenters. The third-order valence-electron chi connectivity index (χ3n) is 10.7. The fourth-order valence-corrected chi connectivity index (χ4v) is 8.40. The lowest BCUT2D eigenvalue weighted by molar-refractivity contribution is 1.13. The van der Waals surface area contributed by atoms with Crippen LogP contribution in [0.4, 0.5) is 0 Å². The zero-order chi connectivity index (χ0) is 34.2. The molecule has 0 spiro atoms. The predicted molar refractivity (Wildman–Crippen MR) is 219 cm³/mol. The first-order valence-electron chi connectivity index (χ1n) is 17.8. The number of nitrogens with zero attached hydrogens (tertiary/aromatic N) is 3. The molecule has 0 fully saturated rings. The Morgan fingerprint density at radius 1 is 0.346 bits per heavy atom. The first kappa shape index (κ1) is 28.8. The van der Waals surface area contributed by atoms with E-state index in [2.05, 4.69) is 197 Å². The van der Waals surface area contributed by atoms with Crippen molar-refractivity contribution in [3.63, 3.8) is 0 Å². The van der Waals surface area contributed by atoms with Crippen LogP contribution in [0.15, 0.2) is 188 Å². The number of benzene rings is 8. The molecule has 3 aromatic heterocycles. The number of fused-ring (bicyclic) bond motifs is 9. The minimum atomic E-state index is 0.936. The molecule has 0 saturated heterocycles. The topological polar surface area (TPSA) is 22.8 Å². The lowest BCUT2D eigenvalue weighted by Crippen LogP contribution is -2.01. The Balaban J connectivity index is 1.27. The van der Waals surface area contributed by atoms with Gasteiger partial charge in [-0.2, -0.15) is 0 Å². The molecule has 242 valence electrons. The second kappa shape index (κ2) is 11.3. The highest BCUT2D eigenvalue weighted by Gasteiger charge is 2.19. The lowest BCUT2D eigenvalue weighted by atomic mass is 9.94. The summed E-state index contributed by atoms with van der Waals surface area (Å²) in [6.45, 7) is 0. The number of rotatable bonds is 4. The van der Waals surface area contributed by atoms with Gasteiger partial charge in [0.2, 0.25) is 0 Å². The molecule has 0 aliphatic heterocycles. The smallest absolute Gasteiger partial charge is 0.0722 e. The maximum absolute atomic E-state index is 5.46. The van der Waals surface area contributed by atoms with Crippen LogP contribution in [0.25, 0.3) is 99.0 Å². The van der Waals surface area contributed by atoms with E-state index in [9.17, 15) is 0 Å². The van der Waals surface area contributed by atoms with E-state index in [0.29, 0.717) is 0 Å². The summed E-state index contributed by atoms with van der Waals surface area (Å²) in [7, 11) is 0. The van der Waals surface area contributed by atoms with Crippen LogP contribution in [0.1, 0.15) is 0 Å². The normalized spacial score (nSPS) is 11.8. The Morgan fingerprint density at radius 3 is 1.35 bits per heavy atom. The van der Waals surface area contributed by atoms with E-state index in [1.54, 1.807) is 0 Å². The lowest BCUT2D eigenvalue weighted by Gasteiger charge is -2.17. The van der Waals surface area contributed by atoms with Gasteiger partial charge in [0.05, 0.1) is 33.3 Å². The molecule has 8 aromatic carbocycles. The Kier molecular flexibility index (Phi) is 6.25. The van der Waals surface area contributed by atoms with Crippen molar-refractivity contribution < 1.29 is 0 Å². The van der Waals surface area contributed by atoms with E-state index >= 15 is 0 Å². The number of hydrogen-bond donors (Lipinski definition) is 0. The van der Waals surface area contributed by atoms with Gasteiger partial charge in [-0.3, -0.25) is 0 Å². The van der Waals surface area contributed by atoms with Crippen molar-refractivity contribution in [1.82, 2.24) is 14.1 Å². The number of hydrogen-bond acceptors (Lipinski definition) is 1. The van der Waals surface area contributed by atoms with Gasteiger partial charge in [0, 0.05) is 43.9 Å². The van der Waals surface area contributed by atoms with Crippen LogP contribution < -0.4 is 0 Å². The fourth-order valence-electron chi connectivity index (χ4n) is 8.40. The number of para-hydroxylation sites is 4. The third-order valence-corrected chi connectivity index (χ3v) is 10.7. The molecule has 11 rings (SSSR count). The van der Waals surface area contributed by atoms with Gasteiger partial charge in [-0.15, -0.1) is 0 Å². The predicted octanol–water partition coefficient (Wildman–Crippen LogP) is 12.9. The molecule has 0 aliphatic rings. The first-order chi connectivity index (χ1) is 25.8. The van der Waals surface area contributed by atoms with Crippen molar-refractivity contribution in [1.29, 1.82) is 0 Å². The van der Waals surface area contributed by atoms with Gasteiger partial charge in [-0.1, -0.05) is 133 Å². The Morgan fingerprint density at radius 2 is 0.808 bits per heavy atom. The van der Waals surface area contributed by atoms with E-state index in [-0.39, 0.29) is 0 Å².